The molecule has 0 N–H and O–H groups in total. The van der Waals surface area contributed by atoms with Gasteiger partial charge in [-0.2, -0.15) is 10.5 Å². The predicted octanol–water partition coefficient (Wildman–Crippen LogP) is 23.8. The van der Waals surface area contributed by atoms with E-state index in [1.807, 2.05) is 12.1 Å². The smallest absolute Gasteiger partial charge is 0.194 e. The molecule has 0 spiro atoms. The highest BCUT2D eigenvalue weighted by Crippen LogP contribution is 2.40. The second kappa shape index (κ2) is 37.7. The maximum atomic E-state index is 11.0. The van der Waals surface area contributed by atoms with Crippen molar-refractivity contribution in [1.82, 2.24) is 13.7 Å². The van der Waals surface area contributed by atoms with Crippen molar-refractivity contribution in [1.29, 1.82) is 10.5 Å². The van der Waals surface area contributed by atoms with Gasteiger partial charge in [0, 0.05) is 43.7 Å². The summed E-state index contributed by atoms with van der Waals surface area (Å²) in [5.41, 5.74) is 18.2. The molecule has 0 aliphatic heterocycles. The maximum absolute atomic E-state index is 11.0. The van der Waals surface area contributed by atoms with E-state index in [1.54, 1.807) is 0 Å². The minimum Gasteiger partial charge on any atom is -0.309 e. The molecule has 6 nitrogen and oxygen atoms in total. The van der Waals surface area contributed by atoms with E-state index in [0.717, 1.165) is 72.2 Å². The highest BCUT2D eigenvalue weighted by molar-refractivity contribution is 7.21. The molecule has 24 aromatic rings. The number of aromatic nitrogens is 3. The average molecular weight is 1810 g/mol. The van der Waals surface area contributed by atoms with Crippen LogP contribution in [0.15, 0.2) is 546 Å². The molecule has 3 aromatic heterocycles. The molecule has 0 amide bonds. The molecule has 138 heavy (non-hydrogen) atoms. The first kappa shape index (κ1) is 85.6. The predicted molar refractivity (Wildman–Crippen MR) is 585 cm³/mol. The lowest BCUT2D eigenvalue weighted by molar-refractivity contribution is 1.17. The van der Waals surface area contributed by atoms with Crippen molar-refractivity contribution in [3.05, 3.63) is 569 Å². The summed E-state index contributed by atoms with van der Waals surface area (Å²) in [6.45, 7) is 8.32. The van der Waals surface area contributed by atoms with Crippen LogP contribution in [0.4, 0.5) is 5.69 Å². The van der Waals surface area contributed by atoms with E-state index in [9.17, 15) is 10.5 Å². The van der Waals surface area contributed by atoms with Gasteiger partial charge in [0.15, 0.2) is 29.9 Å². The molecule has 0 bridgehead atoms. The zero-order valence-corrected chi connectivity index (χ0v) is 78.6. The van der Waals surface area contributed by atoms with E-state index >= 15 is 0 Å². The molecule has 24 rings (SSSR count). The molecule has 0 fully saturated rings. The van der Waals surface area contributed by atoms with E-state index in [-0.39, 0.29) is 0 Å². The maximum Gasteiger partial charge on any atom is 0.194 e. The zero-order chi connectivity index (χ0) is 92.8. The van der Waals surface area contributed by atoms with Crippen molar-refractivity contribution in [2.24, 2.45) is 0 Å². The Hall–Kier alpha value is -17.9. The molecular formula is C129H90N6Si3. The number of para-hydroxylation sites is 6. The number of fused-ring (bicyclic) bond motifs is 9. The fourth-order valence-electron chi connectivity index (χ4n) is 21.7. The summed E-state index contributed by atoms with van der Waals surface area (Å²) in [6.07, 6.45) is 0. The Labute approximate surface area is 806 Å². The Morgan fingerprint density at radius 2 is 0.478 bits per heavy atom. The molecule has 21 aromatic carbocycles. The summed E-state index contributed by atoms with van der Waals surface area (Å²) >= 11 is 0. The number of nitrogens with zero attached hydrogens (tertiary/aromatic N) is 6. The lowest BCUT2D eigenvalue weighted by Gasteiger charge is -2.36. The SMILES string of the molecule is N#Cc1c(-c2ccc(-n3c4ccccc4c4ccccc43)cc2)cccc1[Si](c1ccccc1)(c1ccccc1)c1ccccc1.N#Cc1cc(-c2ccc([Si](c3ccccc3)(c3ccccc3)c3ccccc3)cc2)ccc1-n1c2ccccc2c2ccccc21.[C-]#[N+]c1cccc([Si](c2ccccc2)(c2ccccc2)c2ccccc2)c1-c1ccc(-n2c3ccccc3c3ccccc32)cc1. The third-order valence-electron chi connectivity index (χ3n) is 27.6. The van der Waals surface area contributed by atoms with Gasteiger partial charge in [0.2, 0.25) is 0 Å². The number of hydrogen-bond acceptors (Lipinski definition) is 2. The topological polar surface area (TPSA) is 66.7 Å². The van der Waals surface area contributed by atoms with E-state index in [4.69, 9.17) is 6.57 Å². The van der Waals surface area contributed by atoms with Gasteiger partial charge in [-0.3, -0.25) is 0 Å². The monoisotopic (exact) mass is 1810 g/mol. The normalized spacial score (nSPS) is 11.5. The molecule has 648 valence electrons. The molecule has 9 heteroatoms. The lowest BCUT2D eigenvalue weighted by atomic mass is 10.00. The van der Waals surface area contributed by atoms with Gasteiger partial charge in [-0.05, 0) is 168 Å². The van der Waals surface area contributed by atoms with Crippen LogP contribution in [0.2, 0.25) is 0 Å². The summed E-state index contributed by atoms with van der Waals surface area (Å²) in [7, 11) is -8.33. The zero-order valence-electron chi connectivity index (χ0n) is 75.6. The van der Waals surface area contributed by atoms with Crippen LogP contribution in [0, 0.1) is 29.2 Å². The van der Waals surface area contributed by atoms with E-state index in [1.165, 1.54) is 111 Å². The van der Waals surface area contributed by atoms with E-state index < -0.39 is 24.2 Å². The largest absolute Gasteiger partial charge is 0.309 e. The first-order valence-electron chi connectivity index (χ1n) is 46.8. The van der Waals surface area contributed by atoms with Gasteiger partial charge in [-0.1, -0.05) is 473 Å². The van der Waals surface area contributed by atoms with Crippen LogP contribution >= 0.6 is 0 Å². The molecule has 0 radical (unpaired) electrons. The van der Waals surface area contributed by atoms with Crippen LogP contribution < -0.4 is 62.2 Å². The second-order valence-corrected chi connectivity index (χ2v) is 46.2. The van der Waals surface area contributed by atoms with Gasteiger partial charge in [0.05, 0.1) is 62.6 Å². The molecule has 3 heterocycles. The van der Waals surface area contributed by atoms with Crippen molar-refractivity contribution in [2.45, 2.75) is 0 Å². The van der Waals surface area contributed by atoms with Gasteiger partial charge in [-0.15, -0.1) is 0 Å². The number of nitriles is 2. The first-order chi connectivity index (χ1) is 68.4. The number of rotatable bonds is 18. The van der Waals surface area contributed by atoms with Crippen molar-refractivity contribution in [3.8, 4) is 62.6 Å². The third-order valence-corrected chi connectivity index (χ3v) is 42.1. The quantitative estimate of drug-likeness (QED) is 0.0488. The van der Waals surface area contributed by atoms with E-state index in [2.05, 4.69) is 565 Å². The highest BCUT2D eigenvalue weighted by atomic mass is 28.3. The van der Waals surface area contributed by atoms with Crippen molar-refractivity contribution in [3.63, 3.8) is 0 Å². The van der Waals surface area contributed by atoms with Crippen LogP contribution in [0.1, 0.15) is 11.1 Å². The van der Waals surface area contributed by atoms with Crippen LogP contribution in [-0.2, 0) is 0 Å². The van der Waals surface area contributed by atoms with Crippen LogP contribution in [0.25, 0.3) is 121 Å². The van der Waals surface area contributed by atoms with Gasteiger partial charge >= 0.3 is 0 Å². The average Bonchev–Trinajstić information content (AvgIpc) is 1.21. The summed E-state index contributed by atoms with van der Waals surface area (Å²) in [6, 6.07) is 200. The van der Waals surface area contributed by atoms with Crippen LogP contribution in [0.5, 0.6) is 0 Å². The fraction of sp³-hybridized carbons (Fsp3) is 0. The Morgan fingerprint density at radius 3 is 0.804 bits per heavy atom. The van der Waals surface area contributed by atoms with Crippen molar-refractivity contribution >= 4 is 158 Å². The Balaban J connectivity index is 0.000000119. The standard InChI is InChI=1S/3C43H30N2Si/c1-44-39-24-15-27-42(46(34-16-5-2-6-17-34,35-18-7-3-8-19-35)36-20-9-4-10-21-36)43(39)32-28-30-33(31-29-32)45-40-25-13-11-22-37(40)38-23-12-14-26-41(38)45;44-31-40-37(32-27-29-33(30-28-32)45-41-24-12-10-21-38(41)39-22-11-13-25-42(39)45)23-14-26-43(40)46(34-15-4-1-5-16-34,35-17-6-2-7-18-35)36-19-8-3-9-20-36;44-31-34-30-33(26-29-41(34)45-42-22-12-10-20-39(42)40-21-11-13-23-43(40)45)32-24-27-38(28-25-32)46(35-14-4-1-5-15-35,36-16-6-2-7-17-36)37-18-8-3-9-19-37/h2-31H;2*1-30H. The second-order valence-electron chi connectivity index (χ2n) is 34.8. The molecule has 0 saturated heterocycles. The molecule has 0 aliphatic carbocycles. The van der Waals surface area contributed by atoms with Crippen molar-refractivity contribution < 1.29 is 0 Å². The van der Waals surface area contributed by atoms with Gasteiger partial charge in [0.1, 0.15) is 6.07 Å². The van der Waals surface area contributed by atoms with Crippen LogP contribution in [0.3, 0.4) is 0 Å². The summed E-state index contributed by atoms with van der Waals surface area (Å²) in [5.74, 6) is 0. The molecule has 0 unspecified atom stereocenters. The minimum atomic E-state index is -2.87. The highest BCUT2D eigenvalue weighted by Gasteiger charge is 2.46. The van der Waals surface area contributed by atoms with E-state index in [0.29, 0.717) is 11.3 Å². The van der Waals surface area contributed by atoms with Gasteiger partial charge < -0.3 is 13.7 Å². The van der Waals surface area contributed by atoms with Crippen molar-refractivity contribution in [2.75, 3.05) is 0 Å². The summed E-state index contributed by atoms with van der Waals surface area (Å²) in [4.78, 5) is 4.12. The lowest BCUT2D eigenvalue weighted by Crippen LogP contribution is -2.75. The number of benzene rings is 21. The van der Waals surface area contributed by atoms with Gasteiger partial charge in [0.25, 0.3) is 0 Å². The summed E-state index contributed by atoms with van der Waals surface area (Å²) < 4.78 is 6.89. The summed E-state index contributed by atoms with van der Waals surface area (Å²) in [5, 5.41) is 44.0. The first-order valence-corrected chi connectivity index (χ1v) is 52.8. The fourth-order valence-corrected chi connectivity index (χ4v) is 36.3. The Kier molecular flexibility index (Phi) is 23.4. The van der Waals surface area contributed by atoms with Crippen LogP contribution in [-0.4, -0.2) is 37.9 Å². The third kappa shape index (κ3) is 15.0. The Morgan fingerprint density at radius 1 is 0.210 bits per heavy atom. The minimum absolute atomic E-state index is 0.648. The molecule has 0 atom stereocenters. The van der Waals surface area contributed by atoms with Gasteiger partial charge in [-0.25, -0.2) is 4.85 Å². The molecule has 0 saturated carbocycles. The molecule has 0 aliphatic rings. The molecular weight excluding hydrogens is 1720 g/mol. The Bertz CT molecular complexity index is 8230. The number of hydrogen-bond donors (Lipinski definition) is 0.